The zero-order valence-corrected chi connectivity index (χ0v) is 11.7. The molecule has 0 saturated carbocycles. The van der Waals surface area contributed by atoms with Crippen molar-refractivity contribution in [1.29, 1.82) is 0 Å². The fourth-order valence-electron chi connectivity index (χ4n) is 1.51. The molecular weight excluding hydrogens is 274 g/mol. The quantitative estimate of drug-likeness (QED) is 0.639. The van der Waals surface area contributed by atoms with Gasteiger partial charge < -0.3 is 0 Å². The summed E-state index contributed by atoms with van der Waals surface area (Å²) in [6.45, 7) is 1.76. The second-order valence-electron chi connectivity index (χ2n) is 4.21. The van der Waals surface area contributed by atoms with Gasteiger partial charge in [-0.25, -0.2) is 0 Å². The summed E-state index contributed by atoms with van der Waals surface area (Å²) in [5, 5.41) is 0. The summed E-state index contributed by atoms with van der Waals surface area (Å²) in [7, 11) is -3.77. The van der Waals surface area contributed by atoms with Gasteiger partial charge in [0.2, 0.25) is 0 Å². The summed E-state index contributed by atoms with van der Waals surface area (Å²) >= 11 is 0. The molecule has 0 amide bonds. The van der Waals surface area contributed by atoms with Crippen LogP contribution in [0.4, 0.5) is 0 Å². The van der Waals surface area contributed by atoms with Crippen molar-refractivity contribution in [3.63, 3.8) is 0 Å². The summed E-state index contributed by atoms with van der Waals surface area (Å²) in [6.07, 6.45) is 6.71. The van der Waals surface area contributed by atoms with E-state index in [-0.39, 0.29) is 11.5 Å². The molecule has 4 nitrogen and oxygen atoms in total. The third kappa shape index (κ3) is 3.44. The van der Waals surface area contributed by atoms with Gasteiger partial charge in [-0.2, -0.15) is 8.42 Å². The van der Waals surface area contributed by atoms with Crippen LogP contribution in [-0.4, -0.2) is 13.4 Å². The van der Waals surface area contributed by atoms with Gasteiger partial charge in [-0.05, 0) is 31.2 Å². The van der Waals surface area contributed by atoms with Crippen LogP contribution in [-0.2, 0) is 20.9 Å². The van der Waals surface area contributed by atoms with Gasteiger partial charge in [0, 0.05) is 11.8 Å². The first-order chi connectivity index (χ1) is 9.51. The third-order valence-electron chi connectivity index (χ3n) is 2.66. The largest absolute Gasteiger partial charge is 0.297 e. The molecule has 0 spiro atoms. The van der Waals surface area contributed by atoms with Crippen molar-refractivity contribution in [3.8, 4) is 12.3 Å². The molecule has 0 aliphatic rings. The lowest BCUT2D eigenvalue weighted by atomic mass is 10.2. The molecule has 0 aliphatic heterocycles. The summed E-state index contributed by atoms with van der Waals surface area (Å²) in [5.41, 5.74) is 2.12. The van der Waals surface area contributed by atoms with Crippen LogP contribution in [0.5, 0.6) is 0 Å². The first-order valence-electron chi connectivity index (χ1n) is 5.89. The third-order valence-corrected chi connectivity index (χ3v) is 3.94. The Morgan fingerprint density at radius 1 is 1.20 bits per heavy atom. The fourth-order valence-corrected chi connectivity index (χ4v) is 2.39. The standard InChI is InChI=1S/C15H13NO3S/c1-3-13-6-7-14(16-10-13)11-19-20(17,18)15-8-4-12(2)5-9-15/h1,4-10H,11H2,2H3. The molecule has 1 heterocycles. The van der Waals surface area contributed by atoms with Crippen LogP contribution in [0, 0.1) is 19.3 Å². The van der Waals surface area contributed by atoms with Crippen LogP contribution >= 0.6 is 0 Å². The molecule has 0 radical (unpaired) electrons. The highest BCUT2D eigenvalue weighted by atomic mass is 32.2. The summed E-state index contributed by atoms with van der Waals surface area (Å²) in [4.78, 5) is 4.16. The molecule has 20 heavy (non-hydrogen) atoms. The highest BCUT2D eigenvalue weighted by molar-refractivity contribution is 7.86. The van der Waals surface area contributed by atoms with Gasteiger partial charge >= 0.3 is 0 Å². The Labute approximate surface area is 118 Å². The predicted molar refractivity (Wildman–Crippen MR) is 75.3 cm³/mol. The predicted octanol–water partition coefficient (Wildman–Crippen LogP) is 2.28. The Kier molecular flexibility index (Phi) is 4.18. The Balaban J connectivity index is 2.09. The van der Waals surface area contributed by atoms with Gasteiger partial charge in [0.15, 0.2) is 0 Å². The molecule has 1 aromatic heterocycles. The Morgan fingerprint density at radius 2 is 1.90 bits per heavy atom. The lowest BCUT2D eigenvalue weighted by Gasteiger charge is -2.05. The molecule has 0 bridgehead atoms. The van der Waals surface area contributed by atoms with Crippen molar-refractivity contribution in [1.82, 2.24) is 4.98 Å². The molecule has 5 heteroatoms. The summed E-state index contributed by atoms with van der Waals surface area (Å²) in [5.74, 6) is 2.44. The molecule has 0 N–H and O–H groups in total. The van der Waals surface area contributed by atoms with E-state index in [4.69, 9.17) is 10.6 Å². The minimum absolute atomic E-state index is 0.124. The van der Waals surface area contributed by atoms with E-state index in [0.29, 0.717) is 11.3 Å². The van der Waals surface area contributed by atoms with Crippen molar-refractivity contribution in [3.05, 3.63) is 59.4 Å². The van der Waals surface area contributed by atoms with Gasteiger partial charge in [0.1, 0.15) is 6.61 Å². The maximum atomic E-state index is 12.0. The van der Waals surface area contributed by atoms with E-state index in [0.717, 1.165) is 5.56 Å². The lowest BCUT2D eigenvalue weighted by Crippen LogP contribution is -2.07. The second-order valence-corrected chi connectivity index (χ2v) is 5.83. The normalized spacial score (nSPS) is 11.0. The fraction of sp³-hybridized carbons (Fsp3) is 0.133. The van der Waals surface area contributed by atoms with E-state index in [1.165, 1.54) is 18.3 Å². The average Bonchev–Trinajstić information content (AvgIpc) is 2.46. The number of terminal acetylenes is 1. The van der Waals surface area contributed by atoms with Crippen LogP contribution in [0.3, 0.4) is 0 Å². The first-order valence-corrected chi connectivity index (χ1v) is 7.30. The summed E-state index contributed by atoms with van der Waals surface area (Å²) < 4.78 is 28.9. The van der Waals surface area contributed by atoms with Crippen LogP contribution in [0.15, 0.2) is 47.5 Å². The van der Waals surface area contributed by atoms with E-state index >= 15 is 0 Å². The van der Waals surface area contributed by atoms with Crippen LogP contribution in [0.2, 0.25) is 0 Å². The molecule has 0 saturated heterocycles. The van der Waals surface area contributed by atoms with Crippen molar-refractivity contribution in [2.24, 2.45) is 0 Å². The maximum Gasteiger partial charge on any atom is 0.297 e. The van der Waals surface area contributed by atoms with E-state index in [1.54, 1.807) is 24.3 Å². The Bertz CT molecular complexity index is 726. The van der Waals surface area contributed by atoms with E-state index < -0.39 is 10.1 Å². The molecule has 2 rings (SSSR count). The lowest BCUT2D eigenvalue weighted by molar-refractivity contribution is 0.303. The monoisotopic (exact) mass is 287 g/mol. The average molecular weight is 287 g/mol. The van der Waals surface area contributed by atoms with E-state index in [9.17, 15) is 8.42 Å². The van der Waals surface area contributed by atoms with Crippen molar-refractivity contribution < 1.29 is 12.6 Å². The number of rotatable bonds is 4. The van der Waals surface area contributed by atoms with Gasteiger partial charge in [-0.3, -0.25) is 9.17 Å². The molecular formula is C15H13NO3S. The van der Waals surface area contributed by atoms with Gasteiger partial charge in [0.05, 0.1) is 10.6 Å². The molecule has 0 atom stereocenters. The Morgan fingerprint density at radius 3 is 2.45 bits per heavy atom. The number of hydrogen-bond donors (Lipinski definition) is 0. The van der Waals surface area contributed by atoms with Crippen LogP contribution in [0.25, 0.3) is 0 Å². The molecule has 1 aromatic carbocycles. The number of benzene rings is 1. The topological polar surface area (TPSA) is 56.3 Å². The van der Waals surface area contributed by atoms with Gasteiger partial charge in [-0.15, -0.1) is 6.42 Å². The zero-order chi connectivity index (χ0) is 14.6. The SMILES string of the molecule is C#Cc1ccc(COS(=O)(=O)c2ccc(C)cc2)nc1. The van der Waals surface area contributed by atoms with Gasteiger partial charge in [-0.1, -0.05) is 23.6 Å². The van der Waals surface area contributed by atoms with Crippen molar-refractivity contribution in [2.75, 3.05) is 0 Å². The molecule has 0 aliphatic carbocycles. The second kappa shape index (κ2) is 5.87. The number of aromatic nitrogens is 1. The zero-order valence-electron chi connectivity index (χ0n) is 10.9. The minimum Gasteiger partial charge on any atom is -0.260 e. The number of aryl methyl sites for hydroxylation is 1. The molecule has 0 fully saturated rings. The van der Waals surface area contributed by atoms with Gasteiger partial charge in [0.25, 0.3) is 10.1 Å². The van der Waals surface area contributed by atoms with Crippen molar-refractivity contribution >= 4 is 10.1 Å². The number of pyridine rings is 1. The number of nitrogens with zero attached hydrogens (tertiary/aromatic N) is 1. The molecule has 0 unspecified atom stereocenters. The van der Waals surface area contributed by atoms with E-state index in [1.807, 2.05) is 6.92 Å². The van der Waals surface area contributed by atoms with E-state index in [2.05, 4.69) is 10.9 Å². The summed E-state index contributed by atoms with van der Waals surface area (Å²) in [6, 6.07) is 9.79. The molecule has 102 valence electrons. The molecule has 2 aromatic rings. The van der Waals surface area contributed by atoms with Crippen LogP contribution in [0.1, 0.15) is 16.8 Å². The first kappa shape index (κ1) is 14.3. The Hall–Kier alpha value is -2.16. The number of hydrogen-bond acceptors (Lipinski definition) is 4. The highest BCUT2D eigenvalue weighted by Gasteiger charge is 2.15. The van der Waals surface area contributed by atoms with Crippen molar-refractivity contribution in [2.45, 2.75) is 18.4 Å². The van der Waals surface area contributed by atoms with Crippen LogP contribution < -0.4 is 0 Å². The smallest absolute Gasteiger partial charge is 0.260 e. The minimum atomic E-state index is -3.77. The maximum absolute atomic E-state index is 12.0. The highest BCUT2D eigenvalue weighted by Crippen LogP contribution is 2.14.